The summed E-state index contributed by atoms with van der Waals surface area (Å²) in [7, 11) is 0. The fourth-order valence-corrected chi connectivity index (χ4v) is 2.54. The summed E-state index contributed by atoms with van der Waals surface area (Å²) in [6.45, 7) is 8.89. The van der Waals surface area contributed by atoms with E-state index >= 15 is 0 Å². The van der Waals surface area contributed by atoms with Crippen LogP contribution in [0.25, 0.3) is 0 Å². The van der Waals surface area contributed by atoms with Gasteiger partial charge in [-0.05, 0) is 49.4 Å². The van der Waals surface area contributed by atoms with Gasteiger partial charge in [-0.1, -0.05) is 13.8 Å². The van der Waals surface area contributed by atoms with Crippen LogP contribution in [0.1, 0.15) is 36.6 Å². The van der Waals surface area contributed by atoms with Gasteiger partial charge in [0.2, 0.25) is 0 Å². The van der Waals surface area contributed by atoms with Crippen molar-refractivity contribution in [1.29, 1.82) is 0 Å². The van der Waals surface area contributed by atoms with Crippen LogP contribution in [0.2, 0.25) is 0 Å². The van der Waals surface area contributed by atoms with Gasteiger partial charge in [0, 0.05) is 4.88 Å². The smallest absolute Gasteiger partial charge is 0.0103 e. The number of hydrogen-bond donors (Lipinski definition) is 1. The second-order valence-corrected chi connectivity index (χ2v) is 4.46. The van der Waals surface area contributed by atoms with E-state index in [1.165, 1.54) is 12.0 Å². The van der Waals surface area contributed by atoms with E-state index in [2.05, 4.69) is 37.5 Å². The minimum absolute atomic E-state index is 0.707. The Hall–Kier alpha value is -0.340. The molecule has 0 amide bonds. The number of aryl methyl sites for hydroxylation is 1. The lowest BCUT2D eigenvalue weighted by Gasteiger charge is -2.10. The van der Waals surface area contributed by atoms with Crippen LogP contribution >= 0.6 is 11.3 Å². The van der Waals surface area contributed by atoms with Crippen LogP contribution < -0.4 is 5.32 Å². The predicted octanol–water partition coefficient (Wildman–Crippen LogP) is 3.16. The second-order valence-electron chi connectivity index (χ2n) is 3.51. The average molecular weight is 197 g/mol. The Morgan fingerprint density at radius 1 is 1.54 bits per heavy atom. The Kier molecular flexibility index (Phi) is 4.46. The molecule has 1 atom stereocenters. The third-order valence-electron chi connectivity index (χ3n) is 2.35. The Morgan fingerprint density at radius 3 is 2.85 bits per heavy atom. The van der Waals surface area contributed by atoms with E-state index in [0.29, 0.717) is 5.92 Å². The molecule has 74 valence electrons. The van der Waals surface area contributed by atoms with Crippen molar-refractivity contribution < 1.29 is 0 Å². The van der Waals surface area contributed by atoms with Crippen molar-refractivity contribution in [2.45, 2.75) is 33.1 Å². The minimum Gasteiger partial charge on any atom is -0.317 e. The Balaban J connectivity index is 2.39. The molecule has 1 rings (SSSR count). The number of nitrogens with one attached hydrogen (secondary N) is 1. The molecule has 1 aromatic rings. The van der Waals surface area contributed by atoms with E-state index in [1.807, 2.05) is 11.3 Å². The Bertz CT molecular complexity index is 242. The molecular weight excluding hydrogens is 178 g/mol. The van der Waals surface area contributed by atoms with Crippen molar-refractivity contribution in [2.75, 3.05) is 13.1 Å². The third-order valence-corrected chi connectivity index (χ3v) is 3.60. The maximum absolute atomic E-state index is 3.37. The third kappa shape index (κ3) is 3.12. The molecule has 1 N–H and O–H groups in total. The van der Waals surface area contributed by atoms with Crippen molar-refractivity contribution in [3.05, 3.63) is 21.9 Å². The lowest BCUT2D eigenvalue weighted by atomic mass is 10.0. The zero-order chi connectivity index (χ0) is 9.68. The summed E-state index contributed by atoms with van der Waals surface area (Å²) in [4.78, 5) is 1.55. The fraction of sp³-hybridized carbons (Fsp3) is 0.636. The standard InChI is InChI=1S/C11H19NS/c1-4-12-7-5-9(2)11-10(3)6-8-13-11/h6,8-9,12H,4-5,7H2,1-3H3. The summed E-state index contributed by atoms with van der Waals surface area (Å²) in [5.74, 6) is 0.707. The molecule has 0 spiro atoms. The molecule has 13 heavy (non-hydrogen) atoms. The Labute approximate surface area is 85.2 Å². The van der Waals surface area contributed by atoms with Gasteiger partial charge in [-0.3, -0.25) is 0 Å². The summed E-state index contributed by atoms with van der Waals surface area (Å²) in [5, 5.41) is 5.55. The lowest BCUT2D eigenvalue weighted by molar-refractivity contribution is 0.613. The topological polar surface area (TPSA) is 12.0 Å². The molecule has 0 aromatic carbocycles. The maximum atomic E-state index is 3.37. The highest BCUT2D eigenvalue weighted by molar-refractivity contribution is 7.10. The van der Waals surface area contributed by atoms with Gasteiger partial charge in [0.15, 0.2) is 0 Å². The number of rotatable bonds is 5. The quantitative estimate of drug-likeness (QED) is 0.715. The molecule has 0 aliphatic carbocycles. The summed E-state index contributed by atoms with van der Waals surface area (Å²) >= 11 is 1.89. The van der Waals surface area contributed by atoms with Crippen LogP contribution in [0.4, 0.5) is 0 Å². The van der Waals surface area contributed by atoms with E-state index in [9.17, 15) is 0 Å². The van der Waals surface area contributed by atoms with Gasteiger partial charge < -0.3 is 5.32 Å². The molecule has 0 aliphatic rings. The lowest BCUT2D eigenvalue weighted by Crippen LogP contribution is -2.15. The Morgan fingerprint density at radius 2 is 2.31 bits per heavy atom. The van der Waals surface area contributed by atoms with Crippen LogP contribution in [-0.2, 0) is 0 Å². The van der Waals surface area contributed by atoms with E-state index in [4.69, 9.17) is 0 Å². The normalized spacial score (nSPS) is 13.2. The van der Waals surface area contributed by atoms with Gasteiger partial charge in [0.25, 0.3) is 0 Å². The maximum Gasteiger partial charge on any atom is 0.0103 e. The van der Waals surface area contributed by atoms with E-state index in [-0.39, 0.29) is 0 Å². The molecular formula is C11H19NS. The predicted molar refractivity (Wildman–Crippen MR) is 60.6 cm³/mol. The first-order chi connectivity index (χ1) is 6.25. The van der Waals surface area contributed by atoms with Crippen LogP contribution in [-0.4, -0.2) is 13.1 Å². The zero-order valence-electron chi connectivity index (χ0n) is 8.76. The second kappa shape index (κ2) is 5.40. The van der Waals surface area contributed by atoms with Crippen molar-refractivity contribution in [1.82, 2.24) is 5.32 Å². The molecule has 1 aromatic heterocycles. The first-order valence-electron chi connectivity index (χ1n) is 5.00. The van der Waals surface area contributed by atoms with E-state index < -0.39 is 0 Å². The highest BCUT2D eigenvalue weighted by Gasteiger charge is 2.08. The molecule has 2 heteroatoms. The molecule has 0 aliphatic heterocycles. The summed E-state index contributed by atoms with van der Waals surface area (Å²) in [6.07, 6.45) is 1.25. The van der Waals surface area contributed by atoms with Gasteiger partial charge in [-0.15, -0.1) is 11.3 Å². The van der Waals surface area contributed by atoms with Gasteiger partial charge in [0.05, 0.1) is 0 Å². The SMILES string of the molecule is CCNCCC(C)c1sccc1C. The van der Waals surface area contributed by atoms with Crippen molar-refractivity contribution in [2.24, 2.45) is 0 Å². The monoisotopic (exact) mass is 197 g/mol. The molecule has 0 saturated carbocycles. The van der Waals surface area contributed by atoms with E-state index in [0.717, 1.165) is 13.1 Å². The molecule has 1 nitrogen and oxygen atoms in total. The molecule has 0 bridgehead atoms. The first-order valence-corrected chi connectivity index (χ1v) is 5.88. The van der Waals surface area contributed by atoms with Crippen LogP contribution in [0.15, 0.2) is 11.4 Å². The average Bonchev–Trinajstić information content (AvgIpc) is 2.52. The molecule has 0 radical (unpaired) electrons. The van der Waals surface area contributed by atoms with Crippen LogP contribution in [0.3, 0.4) is 0 Å². The largest absolute Gasteiger partial charge is 0.317 e. The molecule has 1 heterocycles. The van der Waals surface area contributed by atoms with Crippen molar-refractivity contribution >= 4 is 11.3 Å². The van der Waals surface area contributed by atoms with Crippen LogP contribution in [0.5, 0.6) is 0 Å². The van der Waals surface area contributed by atoms with Crippen LogP contribution in [0, 0.1) is 6.92 Å². The van der Waals surface area contributed by atoms with Gasteiger partial charge in [-0.2, -0.15) is 0 Å². The highest BCUT2D eigenvalue weighted by Crippen LogP contribution is 2.27. The summed E-state index contributed by atoms with van der Waals surface area (Å²) in [5.41, 5.74) is 1.45. The minimum atomic E-state index is 0.707. The number of hydrogen-bond acceptors (Lipinski definition) is 2. The highest BCUT2D eigenvalue weighted by atomic mass is 32.1. The molecule has 0 fully saturated rings. The summed E-state index contributed by atoms with van der Waals surface area (Å²) < 4.78 is 0. The van der Waals surface area contributed by atoms with Gasteiger partial charge >= 0.3 is 0 Å². The van der Waals surface area contributed by atoms with Gasteiger partial charge in [0.1, 0.15) is 0 Å². The first kappa shape index (κ1) is 10.7. The van der Waals surface area contributed by atoms with Gasteiger partial charge in [-0.25, -0.2) is 0 Å². The van der Waals surface area contributed by atoms with Crippen molar-refractivity contribution in [3.8, 4) is 0 Å². The van der Waals surface area contributed by atoms with Crippen molar-refractivity contribution in [3.63, 3.8) is 0 Å². The zero-order valence-corrected chi connectivity index (χ0v) is 9.58. The molecule has 0 saturated heterocycles. The van der Waals surface area contributed by atoms with E-state index in [1.54, 1.807) is 4.88 Å². The molecule has 1 unspecified atom stereocenters. The summed E-state index contributed by atoms with van der Waals surface area (Å²) in [6, 6.07) is 2.21. The fourth-order valence-electron chi connectivity index (χ4n) is 1.52. The number of thiophene rings is 1.